The molecule has 0 radical (unpaired) electrons. The van der Waals surface area contributed by atoms with E-state index in [1.54, 1.807) is 6.33 Å². The molecule has 0 aliphatic heterocycles. The van der Waals surface area contributed by atoms with Gasteiger partial charge in [-0.05, 0) is 48.2 Å². The summed E-state index contributed by atoms with van der Waals surface area (Å²) in [6, 6.07) is 12.2. The van der Waals surface area contributed by atoms with Gasteiger partial charge in [0.1, 0.15) is 0 Å². The van der Waals surface area contributed by atoms with E-state index in [4.69, 9.17) is 0 Å². The molecule has 4 aromatic rings. The van der Waals surface area contributed by atoms with Crippen molar-refractivity contribution in [2.75, 3.05) is 5.32 Å². The molecule has 1 fully saturated rings. The van der Waals surface area contributed by atoms with Gasteiger partial charge in [-0.1, -0.05) is 12.1 Å². The number of hydrogen-bond donors (Lipinski definition) is 3. The summed E-state index contributed by atoms with van der Waals surface area (Å²) < 4.78 is 0. The average molecular weight is 317 g/mol. The molecular weight excluding hydrogens is 302 g/mol. The number of nitrogens with zero attached hydrogens (tertiary/aromatic N) is 2. The number of carbonyl (C=O) groups is 1. The lowest BCUT2D eigenvalue weighted by Gasteiger charge is -2.03. The summed E-state index contributed by atoms with van der Waals surface area (Å²) in [6.07, 6.45) is 3.66. The summed E-state index contributed by atoms with van der Waals surface area (Å²) in [6.45, 7) is 0. The van der Waals surface area contributed by atoms with Crippen LogP contribution in [0, 0.1) is 5.92 Å². The molecule has 0 atom stereocenters. The number of rotatable bonds is 3. The molecule has 2 aromatic heterocycles. The topological polar surface area (TPSA) is 86.5 Å². The van der Waals surface area contributed by atoms with Crippen LogP contribution in [0.25, 0.3) is 33.1 Å². The van der Waals surface area contributed by atoms with Crippen LogP contribution in [0.3, 0.4) is 0 Å². The number of H-pyrrole nitrogens is 2. The van der Waals surface area contributed by atoms with Gasteiger partial charge in [0.2, 0.25) is 5.91 Å². The number of fused-ring (bicyclic) bond motifs is 2. The van der Waals surface area contributed by atoms with Crippen LogP contribution in [0.15, 0.2) is 42.7 Å². The second-order valence-electron chi connectivity index (χ2n) is 6.23. The van der Waals surface area contributed by atoms with Crippen molar-refractivity contribution in [1.82, 2.24) is 20.2 Å². The maximum Gasteiger partial charge on any atom is 0.228 e. The van der Waals surface area contributed by atoms with Gasteiger partial charge >= 0.3 is 0 Å². The lowest BCUT2D eigenvalue weighted by atomic mass is 10.0. The van der Waals surface area contributed by atoms with Crippen molar-refractivity contribution in [3.05, 3.63) is 42.7 Å². The third-order valence-corrected chi connectivity index (χ3v) is 4.51. The molecule has 1 aliphatic carbocycles. The van der Waals surface area contributed by atoms with Crippen molar-refractivity contribution in [2.24, 2.45) is 5.92 Å². The fourth-order valence-corrected chi connectivity index (χ4v) is 2.97. The van der Waals surface area contributed by atoms with Crippen molar-refractivity contribution in [1.29, 1.82) is 0 Å². The summed E-state index contributed by atoms with van der Waals surface area (Å²) in [5.74, 6) is 0.840. The number of carbonyl (C=O) groups excluding carboxylic acids is 1. The minimum absolute atomic E-state index is 0.0668. The number of nitrogens with one attached hydrogen (secondary N) is 3. The minimum Gasteiger partial charge on any atom is -0.345 e. The number of amides is 1. The van der Waals surface area contributed by atoms with E-state index >= 15 is 0 Å². The highest BCUT2D eigenvalue weighted by molar-refractivity contribution is 6.02. The first-order chi connectivity index (χ1) is 11.8. The molecule has 2 aromatic carbocycles. The molecule has 0 bridgehead atoms. The Morgan fingerprint density at radius 3 is 2.71 bits per heavy atom. The van der Waals surface area contributed by atoms with E-state index in [1.165, 1.54) is 0 Å². The number of hydrogen-bond acceptors (Lipinski definition) is 3. The molecule has 6 heteroatoms. The molecule has 1 amide bonds. The molecule has 118 valence electrons. The van der Waals surface area contributed by atoms with Crippen LogP contribution in [0.1, 0.15) is 12.8 Å². The number of anilines is 1. The largest absolute Gasteiger partial charge is 0.345 e. The second kappa shape index (κ2) is 4.92. The van der Waals surface area contributed by atoms with Gasteiger partial charge in [-0.15, -0.1) is 0 Å². The summed E-state index contributed by atoms with van der Waals surface area (Å²) in [4.78, 5) is 19.3. The first kappa shape index (κ1) is 13.3. The fourth-order valence-electron chi connectivity index (χ4n) is 2.97. The SMILES string of the molecule is O=C(Nc1n[nH]c2cc(-c3ccc4nc[nH]c4c3)ccc12)C1CC1. The predicted octanol–water partition coefficient (Wildman–Crippen LogP) is 3.45. The normalized spacial score (nSPS) is 14.3. The highest BCUT2D eigenvalue weighted by atomic mass is 16.2. The maximum absolute atomic E-state index is 11.9. The van der Waals surface area contributed by atoms with Crippen molar-refractivity contribution in [3.63, 3.8) is 0 Å². The van der Waals surface area contributed by atoms with Crippen molar-refractivity contribution in [3.8, 4) is 11.1 Å². The van der Waals surface area contributed by atoms with Crippen LogP contribution in [-0.2, 0) is 4.79 Å². The van der Waals surface area contributed by atoms with Gasteiger partial charge < -0.3 is 10.3 Å². The number of aromatic amines is 2. The van der Waals surface area contributed by atoms with E-state index < -0.39 is 0 Å². The van der Waals surface area contributed by atoms with E-state index in [-0.39, 0.29) is 11.8 Å². The number of imidazole rings is 1. The molecule has 1 saturated carbocycles. The molecular formula is C18H15N5O. The quantitative estimate of drug-likeness (QED) is 0.541. The van der Waals surface area contributed by atoms with Gasteiger partial charge in [0, 0.05) is 11.3 Å². The van der Waals surface area contributed by atoms with Gasteiger partial charge in [-0.3, -0.25) is 9.89 Å². The van der Waals surface area contributed by atoms with Crippen molar-refractivity contribution >= 4 is 33.7 Å². The number of benzene rings is 2. The van der Waals surface area contributed by atoms with Crippen molar-refractivity contribution in [2.45, 2.75) is 12.8 Å². The van der Waals surface area contributed by atoms with E-state index in [9.17, 15) is 4.79 Å². The van der Waals surface area contributed by atoms with Crippen LogP contribution in [0.4, 0.5) is 5.82 Å². The first-order valence-electron chi connectivity index (χ1n) is 8.00. The molecule has 3 N–H and O–H groups in total. The van der Waals surface area contributed by atoms with Crippen LogP contribution in [-0.4, -0.2) is 26.1 Å². The Morgan fingerprint density at radius 2 is 1.88 bits per heavy atom. The molecule has 5 rings (SSSR count). The van der Waals surface area contributed by atoms with Gasteiger partial charge in [-0.25, -0.2) is 4.98 Å². The molecule has 6 nitrogen and oxygen atoms in total. The Kier molecular flexibility index (Phi) is 2.73. The van der Waals surface area contributed by atoms with E-state index in [0.717, 1.165) is 45.9 Å². The van der Waals surface area contributed by atoms with Gasteiger partial charge in [0.05, 0.1) is 22.9 Å². The Labute approximate surface area is 137 Å². The summed E-state index contributed by atoms with van der Waals surface area (Å²) in [7, 11) is 0. The lowest BCUT2D eigenvalue weighted by molar-refractivity contribution is -0.117. The van der Waals surface area contributed by atoms with Crippen LogP contribution in [0.5, 0.6) is 0 Å². The maximum atomic E-state index is 11.9. The van der Waals surface area contributed by atoms with Crippen LogP contribution < -0.4 is 5.32 Å². The summed E-state index contributed by atoms with van der Waals surface area (Å²) in [5.41, 5.74) is 5.05. The van der Waals surface area contributed by atoms with E-state index in [1.807, 2.05) is 24.3 Å². The standard InChI is InChI=1S/C18H15N5O/c24-18(10-1-2-10)21-17-13-5-3-11(7-15(13)22-23-17)12-4-6-14-16(8-12)20-9-19-14/h3-10H,1-2H2,(H,19,20)(H2,21,22,23,24). The molecule has 24 heavy (non-hydrogen) atoms. The summed E-state index contributed by atoms with van der Waals surface area (Å²) >= 11 is 0. The highest BCUT2D eigenvalue weighted by Crippen LogP contribution is 2.32. The Hall–Kier alpha value is -3.15. The first-order valence-corrected chi connectivity index (χ1v) is 8.00. The van der Waals surface area contributed by atoms with Crippen LogP contribution >= 0.6 is 0 Å². The zero-order valence-electron chi connectivity index (χ0n) is 12.8. The fraction of sp³-hybridized carbons (Fsp3) is 0.167. The van der Waals surface area contributed by atoms with Crippen molar-refractivity contribution < 1.29 is 4.79 Å². The lowest BCUT2D eigenvalue weighted by Crippen LogP contribution is -2.13. The molecule has 0 unspecified atom stereocenters. The highest BCUT2D eigenvalue weighted by Gasteiger charge is 2.30. The smallest absolute Gasteiger partial charge is 0.228 e. The zero-order valence-corrected chi connectivity index (χ0v) is 12.8. The van der Waals surface area contributed by atoms with Gasteiger partial charge in [-0.2, -0.15) is 5.10 Å². The Balaban J connectivity index is 1.52. The molecule has 0 spiro atoms. The third kappa shape index (κ3) is 2.15. The molecule has 0 saturated heterocycles. The Bertz CT molecular complexity index is 1070. The Morgan fingerprint density at radius 1 is 1.08 bits per heavy atom. The molecule has 1 aliphatic rings. The monoisotopic (exact) mass is 317 g/mol. The average Bonchev–Trinajstić information content (AvgIpc) is 3.23. The van der Waals surface area contributed by atoms with E-state index in [2.05, 4.69) is 37.6 Å². The van der Waals surface area contributed by atoms with E-state index in [0.29, 0.717) is 5.82 Å². The second-order valence-corrected chi connectivity index (χ2v) is 6.23. The summed E-state index contributed by atoms with van der Waals surface area (Å²) in [5, 5.41) is 11.1. The van der Waals surface area contributed by atoms with Gasteiger partial charge in [0.25, 0.3) is 0 Å². The number of aromatic nitrogens is 4. The minimum atomic E-state index is 0.0668. The predicted molar refractivity (Wildman–Crippen MR) is 92.5 cm³/mol. The van der Waals surface area contributed by atoms with Gasteiger partial charge in [0.15, 0.2) is 5.82 Å². The zero-order chi connectivity index (χ0) is 16.1. The molecule has 2 heterocycles. The third-order valence-electron chi connectivity index (χ3n) is 4.51. The van der Waals surface area contributed by atoms with Crippen LogP contribution in [0.2, 0.25) is 0 Å².